The van der Waals surface area contributed by atoms with Gasteiger partial charge in [0.25, 0.3) is 0 Å². The van der Waals surface area contributed by atoms with Crippen LogP contribution >= 0.6 is 0 Å². The molecule has 0 saturated carbocycles. The van der Waals surface area contributed by atoms with Gasteiger partial charge in [-0.3, -0.25) is 4.79 Å². The third-order valence-electron chi connectivity index (χ3n) is 2.92. The van der Waals surface area contributed by atoms with E-state index in [0.717, 1.165) is 17.5 Å². The summed E-state index contributed by atoms with van der Waals surface area (Å²) < 4.78 is 5.30. The van der Waals surface area contributed by atoms with Crippen molar-refractivity contribution in [2.24, 2.45) is 5.73 Å². The molecule has 0 aliphatic carbocycles. The maximum atomic E-state index is 11.1. The van der Waals surface area contributed by atoms with Gasteiger partial charge in [0.05, 0.1) is 12.1 Å². The summed E-state index contributed by atoms with van der Waals surface area (Å²) in [5.41, 5.74) is 7.60. The SMILES string of the molecule is CC(=O)c1ccc(C2(N)CCOC2)cc1. The van der Waals surface area contributed by atoms with E-state index in [2.05, 4.69) is 0 Å². The van der Waals surface area contributed by atoms with E-state index in [1.54, 1.807) is 6.92 Å². The summed E-state index contributed by atoms with van der Waals surface area (Å²) in [6.45, 7) is 2.84. The number of ether oxygens (including phenoxy) is 1. The normalized spacial score (nSPS) is 25.5. The van der Waals surface area contributed by atoms with Crippen LogP contribution in [0, 0.1) is 0 Å². The number of ketones is 1. The summed E-state index contributed by atoms with van der Waals surface area (Å²) in [7, 11) is 0. The van der Waals surface area contributed by atoms with Crippen molar-refractivity contribution in [3.8, 4) is 0 Å². The topological polar surface area (TPSA) is 52.3 Å². The zero-order chi connectivity index (χ0) is 10.9. The molecule has 80 valence electrons. The van der Waals surface area contributed by atoms with Crippen molar-refractivity contribution in [1.82, 2.24) is 0 Å². The molecule has 1 fully saturated rings. The van der Waals surface area contributed by atoms with E-state index in [-0.39, 0.29) is 11.3 Å². The van der Waals surface area contributed by atoms with Crippen LogP contribution in [0.4, 0.5) is 0 Å². The third kappa shape index (κ3) is 1.94. The summed E-state index contributed by atoms with van der Waals surface area (Å²) >= 11 is 0. The number of carbonyl (C=O) groups excluding carboxylic acids is 1. The van der Waals surface area contributed by atoms with E-state index in [0.29, 0.717) is 13.2 Å². The molecule has 0 spiro atoms. The molecule has 2 rings (SSSR count). The molecule has 0 radical (unpaired) electrons. The summed E-state index contributed by atoms with van der Waals surface area (Å²) in [6.07, 6.45) is 0.840. The highest BCUT2D eigenvalue weighted by atomic mass is 16.5. The molecule has 1 unspecified atom stereocenters. The molecule has 1 aromatic carbocycles. The van der Waals surface area contributed by atoms with Crippen molar-refractivity contribution in [3.63, 3.8) is 0 Å². The Hall–Kier alpha value is -1.19. The second kappa shape index (κ2) is 3.76. The van der Waals surface area contributed by atoms with E-state index in [1.807, 2.05) is 24.3 Å². The van der Waals surface area contributed by atoms with Crippen LogP contribution in [-0.4, -0.2) is 19.0 Å². The molecule has 1 heterocycles. The van der Waals surface area contributed by atoms with Crippen molar-refractivity contribution < 1.29 is 9.53 Å². The highest BCUT2D eigenvalue weighted by Gasteiger charge is 2.32. The van der Waals surface area contributed by atoms with Gasteiger partial charge in [0.15, 0.2) is 5.78 Å². The minimum atomic E-state index is -0.366. The number of benzene rings is 1. The van der Waals surface area contributed by atoms with Crippen LogP contribution in [0.1, 0.15) is 29.3 Å². The fourth-order valence-electron chi connectivity index (χ4n) is 1.85. The minimum absolute atomic E-state index is 0.0790. The first-order valence-electron chi connectivity index (χ1n) is 5.10. The Labute approximate surface area is 89.2 Å². The molecule has 1 saturated heterocycles. The Kier molecular flexibility index (Phi) is 2.59. The summed E-state index contributed by atoms with van der Waals surface area (Å²) in [5.74, 6) is 0.0790. The molecule has 1 aliphatic heterocycles. The van der Waals surface area contributed by atoms with E-state index in [4.69, 9.17) is 10.5 Å². The predicted octanol–water partition coefficient (Wildman–Crippen LogP) is 1.46. The Morgan fingerprint density at radius 2 is 2.07 bits per heavy atom. The molecule has 0 aromatic heterocycles. The van der Waals surface area contributed by atoms with Crippen molar-refractivity contribution >= 4 is 5.78 Å². The number of hydrogen-bond acceptors (Lipinski definition) is 3. The van der Waals surface area contributed by atoms with Crippen LogP contribution < -0.4 is 5.73 Å². The van der Waals surface area contributed by atoms with Crippen molar-refractivity contribution in [2.45, 2.75) is 18.9 Å². The van der Waals surface area contributed by atoms with E-state index in [1.165, 1.54) is 0 Å². The van der Waals surface area contributed by atoms with Gasteiger partial charge < -0.3 is 10.5 Å². The van der Waals surface area contributed by atoms with Gasteiger partial charge in [0.2, 0.25) is 0 Å². The Balaban J connectivity index is 2.26. The first kappa shape index (κ1) is 10.3. The summed E-state index contributed by atoms with van der Waals surface area (Å²) in [5, 5.41) is 0. The first-order valence-corrected chi connectivity index (χ1v) is 5.10. The molecular formula is C12H15NO2. The average molecular weight is 205 g/mol. The zero-order valence-corrected chi connectivity index (χ0v) is 8.82. The summed E-state index contributed by atoms with van der Waals surface area (Å²) in [6, 6.07) is 7.49. The fourth-order valence-corrected chi connectivity index (χ4v) is 1.85. The highest BCUT2D eigenvalue weighted by molar-refractivity contribution is 5.94. The van der Waals surface area contributed by atoms with E-state index < -0.39 is 0 Å². The largest absolute Gasteiger partial charge is 0.379 e. The average Bonchev–Trinajstić information content (AvgIpc) is 2.67. The molecule has 15 heavy (non-hydrogen) atoms. The van der Waals surface area contributed by atoms with Crippen LogP contribution in [-0.2, 0) is 10.3 Å². The lowest BCUT2D eigenvalue weighted by molar-refractivity contribution is 0.101. The second-order valence-corrected chi connectivity index (χ2v) is 4.09. The van der Waals surface area contributed by atoms with Gasteiger partial charge in [-0.1, -0.05) is 24.3 Å². The van der Waals surface area contributed by atoms with Crippen LogP contribution in [0.2, 0.25) is 0 Å². The van der Waals surface area contributed by atoms with Gasteiger partial charge in [0, 0.05) is 12.2 Å². The van der Waals surface area contributed by atoms with Crippen LogP contribution in [0.15, 0.2) is 24.3 Å². The number of Topliss-reactive ketones (excluding diaryl/α,β-unsaturated/α-hetero) is 1. The molecule has 0 amide bonds. The maximum Gasteiger partial charge on any atom is 0.159 e. The van der Waals surface area contributed by atoms with Crippen molar-refractivity contribution in [2.75, 3.05) is 13.2 Å². The van der Waals surface area contributed by atoms with Gasteiger partial charge in [-0.05, 0) is 18.9 Å². The van der Waals surface area contributed by atoms with Crippen molar-refractivity contribution in [3.05, 3.63) is 35.4 Å². The second-order valence-electron chi connectivity index (χ2n) is 4.09. The molecule has 3 nitrogen and oxygen atoms in total. The van der Waals surface area contributed by atoms with Crippen LogP contribution in [0.25, 0.3) is 0 Å². The molecule has 0 bridgehead atoms. The number of rotatable bonds is 2. The molecule has 3 heteroatoms. The highest BCUT2D eigenvalue weighted by Crippen LogP contribution is 2.27. The third-order valence-corrected chi connectivity index (χ3v) is 2.92. The van der Waals surface area contributed by atoms with E-state index in [9.17, 15) is 4.79 Å². The van der Waals surface area contributed by atoms with Gasteiger partial charge in [-0.15, -0.1) is 0 Å². The molecule has 2 N–H and O–H groups in total. The lowest BCUT2D eigenvalue weighted by atomic mass is 9.89. The van der Waals surface area contributed by atoms with Gasteiger partial charge in [0.1, 0.15) is 0 Å². The molecular weight excluding hydrogens is 190 g/mol. The number of hydrogen-bond donors (Lipinski definition) is 1. The number of carbonyl (C=O) groups is 1. The van der Waals surface area contributed by atoms with Gasteiger partial charge >= 0.3 is 0 Å². The lowest BCUT2D eigenvalue weighted by Gasteiger charge is -2.22. The lowest BCUT2D eigenvalue weighted by Crippen LogP contribution is -2.36. The zero-order valence-electron chi connectivity index (χ0n) is 8.82. The predicted molar refractivity (Wildman–Crippen MR) is 57.7 cm³/mol. The number of nitrogens with two attached hydrogens (primary N) is 1. The van der Waals surface area contributed by atoms with Gasteiger partial charge in [-0.2, -0.15) is 0 Å². The maximum absolute atomic E-state index is 11.1. The van der Waals surface area contributed by atoms with E-state index >= 15 is 0 Å². The fraction of sp³-hybridized carbons (Fsp3) is 0.417. The van der Waals surface area contributed by atoms with Crippen LogP contribution in [0.5, 0.6) is 0 Å². The first-order chi connectivity index (χ1) is 7.12. The quantitative estimate of drug-likeness (QED) is 0.744. The molecule has 1 aromatic rings. The molecule has 1 aliphatic rings. The minimum Gasteiger partial charge on any atom is -0.379 e. The van der Waals surface area contributed by atoms with Crippen molar-refractivity contribution in [1.29, 1.82) is 0 Å². The smallest absolute Gasteiger partial charge is 0.159 e. The van der Waals surface area contributed by atoms with Gasteiger partial charge in [-0.25, -0.2) is 0 Å². The molecule has 1 atom stereocenters. The Morgan fingerprint density at radius 3 is 2.53 bits per heavy atom. The van der Waals surface area contributed by atoms with Crippen LogP contribution in [0.3, 0.4) is 0 Å². The summed E-state index contributed by atoms with van der Waals surface area (Å²) in [4.78, 5) is 11.1. The Bertz CT molecular complexity index is 364. The standard InChI is InChI=1S/C12H15NO2/c1-9(14)10-2-4-11(5-3-10)12(13)6-7-15-8-12/h2-5H,6-8,13H2,1H3. The monoisotopic (exact) mass is 205 g/mol. The Morgan fingerprint density at radius 1 is 1.40 bits per heavy atom.